The van der Waals surface area contributed by atoms with Gasteiger partial charge in [0.2, 0.25) is 5.91 Å². The fourth-order valence-electron chi connectivity index (χ4n) is 1.61. The van der Waals surface area contributed by atoms with Gasteiger partial charge in [-0.15, -0.1) is 0 Å². The molecule has 2 aromatic carbocycles. The molecule has 0 atom stereocenters. The molecule has 0 heterocycles. The van der Waals surface area contributed by atoms with Crippen molar-refractivity contribution in [1.82, 2.24) is 0 Å². The van der Waals surface area contributed by atoms with Gasteiger partial charge < -0.3 is 11.1 Å². The zero-order valence-corrected chi connectivity index (χ0v) is 12.3. The first-order valence-corrected chi connectivity index (χ1v) is 6.81. The monoisotopic (exact) mass is 338 g/mol. The van der Waals surface area contributed by atoms with E-state index in [9.17, 15) is 4.79 Å². The number of nitrogen functional groups attached to an aromatic ring is 1. The van der Waals surface area contributed by atoms with Gasteiger partial charge in [0.15, 0.2) is 0 Å². The van der Waals surface area contributed by atoms with E-state index in [0.717, 1.165) is 10.0 Å². The van der Waals surface area contributed by atoms with Crippen molar-refractivity contribution in [2.24, 2.45) is 0 Å². The third-order valence-corrected chi connectivity index (χ3v) is 3.43. The summed E-state index contributed by atoms with van der Waals surface area (Å²) < 4.78 is 0.988. The lowest BCUT2D eigenvalue weighted by Crippen LogP contribution is -2.14. The van der Waals surface area contributed by atoms with E-state index in [1.807, 2.05) is 24.3 Å². The highest BCUT2D eigenvalue weighted by atomic mass is 79.9. The Kier molecular flexibility index (Phi) is 4.45. The SMILES string of the molecule is Nc1cc(NC(=O)Cc2ccc(Br)cc2)ccc1Cl. The molecule has 0 saturated carbocycles. The second-order valence-electron chi connectivity index (χ2n) is 4.09. The fraction of sp³-hybridized carbons (Fsp3) is 0.0714. The summed E-state index contributed by atoms with van der Waals surface area (Å²) in [7, 11) is 0. The Morgan fingerprint density at radius 1 is 1.21 bits per heavy atom. The standard InChI is InChI=1S/C14H12BrClN2O/c15-10-3-1-9(2-4-10)7-14(19)18-11-5-6-12(16)13(17)8-11/h1-6,8H,7,17H2,(H,18,19). The Labute approximate surface area is 124 Å². The summed E-state index contributed by atoms with van der Waals surface area (Å²) in [6.07, 6.45) is 0.315. The normalized spacial score (nSPS) is 10.2. The molecule has 0 bridgehead atoms. The average molecular weight is 340 g/mol. The molecule has 3 nitrogen and oxygen atoms in total. The summed E-state index contributed by atoms with van der Waals surface area (Å²) in [6, 6.07) is 12.6. The lowest BCUT2D eigenvalue weighted by Gasteiger charge is -2.07. The molecule has 0 unspecified atom stereocenters. The van der Waals surface area contributed by atoms with Gasteiger partial charge in [0, 0.05) is 10.2 Å². The van der Waals surface area contributed by atoms with Crippen LogP contribution in [0.4, 0.5) is 11.4 Å². The number of hydrogen-bond acceptors (Lipinski definition) is 2. The van der Waals surface area contributed by atoms with Crippen LogP contribution in [0.3, 0.4) is 0 Å². The number of benzene rings is 2. The lowest BCUT2D eigenvalue weighted by atomic mass is 10.1. The van der Waals surface area contributed by atoms with E-state index < -0.39 is 0 Å². The number of rotatable bonds is 3. The third kappa shape index (κ3) is 3.98. The van der Waals surface area contributed by atoms with Crippen LogP contribution in [-0.4, -0.2) is 5.91 Å². The molecule has 0 aliphatic carbocycles. The molecule has 3 N–H and O–H groups in total. The number of amides is 1. The molecule has 0 radical (unpaired) electrons. The first-order valence-electron chi connectivity index (χ1n) is 5.64. The van der Waals surface area contributed by atoms with Crippen molar-refractivity contribution in [3.8, 4) is 0 Å². The molecular weight excluding hydrogens is 328 g/mol. The molecule has 0 fully saturated rings. The van der Waals surface area contributed by atoms with Crippen LogP contribution in [0.2, 0.25) is 5.02 Å². The molecule has 0 saturated heterocycles. The average Bonchev–Trinajstić information content (AvgIpc) is 2.37. The van der Waals surface area contributed by atoms with Crippen molar-refractivity contribution in [2.75, 3.05) is 11.1 Å². The maximum atomic E-state index is 11.9. The molecule has 2 rings (SSSR count). The van der Waals surface area contributed by atoms with Crippen LogP contribution >= 0.6 is 27.5 Å². The van der Waals surface area contributed by atoms with E-state index in [2.05, 4.69) is 21.2 Å². The number of nitrogens with two attached hydrogens (primary N) is 1. The van der Waals surface area contributed by atoms with Crippen LogP contribution in [0, 0.1) is 0 Å². The lowest BCUT2D eigenvalue weighted by molar-refractivity contribution is -0.115. The van der Waals surface area contributed by atoms with Crippen molar-refractivity contribution in [3.63, 3.8) is 0 Å². The Morgan fingerprint density at radius 2 is 1.89 bits per heavy atom. The minimum atomic E-state index is -0.0935. The van der Waals surface area contributed by atoms with Gasteiger partial charge in [0.05, 0.1) is 17.1 Å². The number of carbonyl (C=O) groups is 1. The molecule has 0 aromatic heterocycles. The first kappa shape index (κ1) is 13.9. The quantitative estimate of drug-likeness (QED) is 0.834. The maximum Gasteiger partial charge on any atom is 0.228 e. The smallest absolute Gasteiger partial charge is 0.228 e. The molecule has 2 aromatic rings. The number of hydrogen-bond donors (Lipinski definition) is 2. The topological polar surface area (TPSA) is 55.1 Å². The summed E-state index contributed by atoms with van der Waals surface area (Å²) in [5.74, 6) is -0.0935. The highest BCUT2D eigenvalue weighted by molar-refractivity contribution is 9.10. The second-order valence-corrected chi connectivity index (χ2v) is 5.41. The van der Waals surface area contributed by atoms with Crippen LogP contribution in [0.1, 0.15) is 5.56 Å². The molecule has 0 aliphatic rings. The van der Waals surface area contributed by atoms with Gasteiger partial charge in [0.1, 0.15) is 0 Å². The van der Waals surface area contributed by atoms with Gasteiger partial charge >= 0.3 is 0 Å². The largest absolute Gasteiger partial charge is 0.397 e. The molecule has 0 spiro atoms. The summed E-state index contributed by atoms with van der Waals surface area (Å²) in [5.41, 5.74) is 7.71. The summed E-state index contributed by atoms with van der Waals surface area (Å²) >= 11 is 9.17. The van der Waals surface area contributed by atoms with Crippen molar-refractivity contribution in [3.05, 3.63) is 57.5 Å². The highest BCUT2D eigenvalue weighted by Gasteiger charge is 2.05. The van der Waals surface area contributed by atoms with E-state index in [-0.39, 0.29) is 5.91 Å². The number of halogens is 2. The predicted octanol–water partition coefficient (Wildman–Crippen LogP) is 3.87. The molecule has 5 heteroatoms. The Hall–Kier alpha value is -1.52. The van der Waals surface area contributed by atoms with Crippen LogP contribution in [-0.2, 0) is 11.2 Å². The number of carbonyl (C=O) groups excluding carboxylic acids is 1. The van der Waals surface area contributed by atoms with Gasteiger partial charge in [-0.2, -0.15) is 0 Å². The van der Waals surface area contributed by atoms with Crippen molar-refractivity contribution in [1.29, 1.82) is 0 Å². The van der Waals surface area contributed by atoms with E-state index in [4.69, 9.17) is 17.3 Å². The van der Waals surface area contributed by atoms with Gasteiger partial charge in [-0.25, -0.2) is 0 Å². The minimum Gasteiger partial charge on any atom is -0.397 e. The Morgan fingerprint density at radius 3 is 2.53 bits per heavy atom. The summed E-state index contributed by atoms with van der Waals surface area (Å²) in [6.45, 7) is 0. The van der Waals surface area contributed by atoms with Crippen LogP contribution in [0.25, 0.3) is 0 Å². The van der Waals surface area contributed by atoms with Crippen LogP contribution in [0.5, 0.6) is 0 Å². The van der Waals surface area contributed by atoms with Gasteiger partial charge in [-0.05, 0) is 35.9 Å². The molecule has 0 aliphatic heterocycles. The second kappa shape index (κ2) is 6.08. The predicted molar refractivity (Wildman–Crippen MR) is 82.3 cm³/mol. The van der Waals surface area contributed by atoms with Crippen LogP contribution < -0.4 is 11.1 Å². The minimum absolute atomic E-state index is 0.0935. The maximum absolute atomic E-state index is 11.9. The van der Waals surface area contributed by atoms with E-state index >= 15 is 0 Å². The zero-order chi connectivity index (χ0) is 13.8. The van der Waals surface area contributed by atoms with Crippen molar-refractivity contribution < 1.29 is 4.79 Å². The Bertz CT molecular complexity index is 599. The van der Waals surface area contributed by atoms with Gasteiger partial charge in [-0.1, -0.05) is 39.7 Å². The number of anilines is 2. The molecule has 19 heavy (non-hydrogen) atoms. The number of nitrogens with one attached hydrogen (secondary N) is 1. The zero-order valence-electron chi connectivity index (χ0n) is 9.99. The molecule has 1 amide bonds. The van der Waals surface area contributed by atoms with E-state index in [1.165, 1.54) is 0 Å². The fourth-order valence-corrected chi connectivity index (χ4v) is 2.00. The molecular formula is C14H12BrClN2O. The van der Waals surface area contributed by atoms with Crippen molar-refractivity contribution in [2.45, 2.75) is 6.42 Å². The third-order valence-electron chi connectivity index (χ3n) is 2.56. The van der Waals surface area contributed by atoms with Gasteiger partial charge in [-0.3, -0.25) is 4.79 Å². The summed E-state index contributed by atoms with van der Waals surface area (Å²) in [5, 5.41) is 3.26. The van der Waals surface area contributed by atoms with Gasteiger partial charge in [0.25, 0.3) is 0 Å². The highest BCUT2D eigenvalue weighted by Crippen LogP contribution is 2.22. The summed E-state index contributed by atoms with van der Waals surface area (Å²) in [4.78, 5) is 11.9. The van der Waals surface area contributed by atoms with E-state index in [0.29, 0.717) is 22.8 Å². The first-order chi connectivity index (χ1) is 9.04. The molecule has 98 valence electrons. The Balaban J connectivity index is 2.01. The van der Waals surface area contributed by atoms with E-state index in [1.54, 1.807) is 18.2 Å². The van der Waals surface area contributed by atoms with Crippen LogP contribution in [0.15, 0.2) is 46.9 Å². The van der Waals surface area contributed by atoms with Crippen molar-refractivity contribution >= 4 is 44.8 Å².